The van der Waals surface area contributed by atoms with Crippen LogP contribution in [0.4, 0.5) is 0 Å². The molecule has 3 heterocycles. The van der Waals surface area contributed by atoms with E-state index in [1.807, 2.05) is 47.4 Å². The molecule has 0 radical (unpaired) electrons. The molecule has 9 aromatic rings. The Morgan fingerprint density at radius 3 is 2.02 bits per heavy atom. The van der Waals surface area contributed by atoms with Crippen molar-refractivity contribution in [1.29, 1.82) is 0 Å². The van der Waals surface area contributed by atoms with Gasteiger partial charge in [0.25, 0.3) is 0 Å². The quantitative estimate of drug-likeness (QED) is 0.150. The number of aromatic nitrogens is 4. The Morgan fingerprint density at radius 2 is 1.29 bits per heavy atom. The van der Waals surface area contributed by atoms with Crippen molar-refractivity contribution >= 4 is 21.8 Å². The largest absolute Gasteiger partial charge is 2.00 e. The zero-order valence-electron chi connectivity index (χ0n) is 28.5. The maximum absolute atomic E-state index is 6.43. The van der Waals surface area contributed by atoms with Gasteiger partial charge in [-0.05, 0) is 76.5 Å². The van der Waals surface area contributed by atoms with Crippen molar-refractivity contribution in [3.05, 3.63) is 181 Å². The summed E-state index contributed by atoms with van der Waals surface area (Å²) < 4.78 is 10.4. The van der Waals surface area contributed by atoms with Gasteiger partial charge in [-0.3, -0.25) is 4.68 Å². The van der Waals surface area contributed by atoms with Crippen LogP contribution >= 0.6 is 0 Å². The molecular formula is C46H32N4OPt. The first-order valence-electron chi connectivity index (χ1n) is 17.0. The third-order valence-electron chi connectivity index (χ3n) is 9.23. The van der Waals surface area contributed by atoms with E-state index in [4.69, 9.17) is 14.8 Å². The summed E-state index contributed by atoms with van der Waals surface area (Å²) in [4.78, 5) is 4.70. The number of benzene rings is 6. The first kappa shape index (κ1) is 33.1. The molecule has 52 heavy (non-hydrogen) atoms. The molecule has 0 unspecified atom stereocenters. The maximum atomic E-state index is 6.43. The Labute approximate surface area is 317 Å². The van der Waals surface area contributed by atoms with E-state index in [0.29, 0.717) is 11.5 Å². The van der Waals surface area contributed by atoms with Crippen LogP contribution in [0.15, 0.2) is 158 Å². The summed E-state index contributed by atoms with van der Waals surface area (Å²) in [7, 11) is 0. The Bertz CT molecular complexity index is 2640. The maximum Gasteiger partial charge on any atom is 2.00 e. The molecule has 0 aliphatic carbocycles. The van der Waals surface area contributed by atoms with Gasteiger partial charge in [-0.2, -0.15) is 17.2 Å². The van der Waals surface area contributed by atoms with Crippen LogP contribution in [-0.4, -0.2) is 19.3 Å². The summed E-state index contributed by atoms with van der Waals surface area (Å²) >= 11 is 0. The average molecular weight is 852 g/mol. The molecule has 0 saturated carbocycles. The van der Waals surface area contributed by atoms with Crippen LogP contribution < -0.4 is 4.74 Å². The number of nitrogens with zero attached hydrogens (tertiary/aromatic N) is 4. The van der Waals surface area contributed by atoms with Gasteiger partial charge >= 0.3 is 21.1 Å². The summed E-state index contributed by atoms with van der Waals surface area (Å²) in [5.41, 5.74) is 11.9. The molecular weight excluding hydrogens is 820 g/mol. The standard InChI is InChI=1S/C46H32N4O.Pt/c1-31-22-23-47-45(26-31)50-43-19-10-9-18-39(43)40-21-20-38(28-44(40)50)51-37-17-11-16-36(27-37)49-30-35(29-48-49)46-41(33-12-5-3-6-13-33)24-32(2)25-42(46)34-14-7-4-8-15-34;/h3-26,29-30H,1-2H3;/q-2;+2. The molecule has 6 heteroatoms. The smallest absolute Gasteiger partial charge is 0.509 e. The van der Waals surface area contributed by atoms with Crippen molar-refractivity contribution in [3.63, 3.8) is 0 Å². The fourth-order valence-electron chi connectivity index (χ4n) is 6.93. The Balaban J connectivity index is 0.00000387. The summed E-state index contributed by atoms with van der Waals surface area (Å²) in [5, 5.41) is 7.06. The summed E-state index contributed by atoms with van der Waals surface area (Å²) in [6.07, 6.45) is 5.85. The molecule has 3 aromatic heterocycles. The topological polar surface area (TPSA) is 44.9 Å². The summed E-state index contributed by atoms with van der Waals surface area (Å²) in [5.74, 6) is 2.01. The third-order valence-corrected chi connectivity index (χ3v) is 9.23. The number of hydrogen-bond acceptors (Lipinski definition) is 3. The van der Waals surface area contributed by atoms with Gasteiger partial charge in [-0.25, -0.2) is 4.98 Å². The van der Waals surface area contributed by atoms with E-state index >= 15 is 0 Å². The number of aryl methyl sites for hydroxylation is 2. The molecule has 0 amide bonds. The summed E-state index contributed by atoms with van der Waals surface area (Å²) in [6, 6.07) is 55.0. The fraction of sp³-hybridized carbons (Fsp3) is 0.0435. The molecule has 0 saturated heterocycles. The SMILES string of the molecule is Cc1ccnc(-n2c3[c-]c(Oc4[c-]c(-n5cc(-c6c(-c7ccccc7)cc(C)cc6-c6ccccc6)cn5)ccc4)ccc3c3ccccc32)c1.[Pt+2]. The van der Waals surface area contributed by atoms with Gasteiger partial charge in [0, 0.05) is 40.5 Å². The van der Waals surface area contributed by atoms with Crippen LogP contribution in [0.1, 0.15) is 11.1 Å². The zero-order chi connectivity index (χ0) is 34.3. The van der Waals surface area contributed by atoms with Crippen LogP contribution in [0.3, 0.4) is 0 Å². The monoisotopic (exact) mass is 851 g/mol. The summed E-state index contributed by atoms with van der Waals surface area (Å²) in [6.45, 7) is 4.23. The van der Waals surface area contributed by atoms with E-state index in [0.717, 1.165) is 61.1 Å². The molecule has 0 aliphatic heterocycles. The molecule has 9 rings (SSSR count). The molecule has 0 fully saturated rings. The first-order valence-corrected chi connectivity index (χ1v) is 17.0. The van der Waals surface area contributed by atoms with Gasteiger partial charge in [0.1, 0.15) is 5.82 Å². The van der Waals surface area contributed by atoms with Crippen LogP contribution in [0.2, 0.25) is 0 Å². The molecule has 6 aromatic carbocycles. The van der Waals surface area contributed by atoms with Gasteiger partial charge in [0.05, 0.1) is 6.20 Å². The fourth-order valence-corrected chi connectivity index (χ4v) is 6.93. The molecule has 252 valence electrons. The normalized spacial score (nSPS) is 11.1. The number of rotatable bonds is 7. The van der Waals surface area contributed by atoms with Crippen molar-refractivity contribution in [2.24, 2.45) is 0 Å². The van der Waals surface area contributed by atoms with Gasteiger partial charge < -0.3 is 9.30 Å². The average Bonchev–Trinajstić information content (AvgIpc) is 3.79. The van der Waals surface area contributed by atoms with E-state index in [-0.39, 0.29) is 21.1 Å². The molecule has 5 nitrogen and oxygen atoms in total. The van der Waals surface area contributed by atoms with Crippen molar-refractivity contribution in [2.45, 2.75) is 13.8 Å². The minimum Gasteiger partial charge on any atom is -0.509 e. The van der Waals surface area contributed by atoms with E-state index in [1.165, 1.54) is 16.7 Å². The van der Waals surface area contributed by atoms with Gasteiger partial charge in [0.15, 0.2) is 0 Å². The Kier molecular flexibility index (Phi) is 8.88. The predicted octanol–water partition coefficient (Wildman–Crippen LogP) is 11.4. The van der Waals surface area contributed by atoms with Crippen LogP contribution in [0.5, 0.6) is 11.5 Å². The number of ether oxygens (including phenoxy) is 1. The molecule has 0 aliphatic rings. The Hall–Kier alpha value is -6.03. The van der Waals surface area contributed by atoms with Gasteiger partial charge in [0.2, 0.25) is 0 Å². The molecule has 0 N–H and O–H groups in total. The van der Waals surface area contributed by atoms with Gasteiger partial charge in [-0.1, -0.05) is 96.5 Å². The number of fused-ring (bicyclic) bond motifs is 3. The molecule has 0 bridgehead atoms. The van der Waals surface area contributed by atoms with Gasteiger partial charge in [-0.15, -0.1) is 35.7 Å². The van der Waals surface area contributed by atoms with Crippen molar-refractivity contribution < 1.29 is 25.8 Å². The van der Waals surface area contributed by atoms with Crippen molar-refractivity contribution in [1.82, 2.24) is 19.3 Å². The number of pyridine rings is 1. The predicted molar refractivity (Wildman–Crippen MR) is 206 cm³/mol. The van der Waals surface area contributed by atoms with E-state index in [1.54, 1.807) is 0 Å². The number of hydrogen-bond donors (Lipinski definition) is 0. The van der Waals surface area contributed by atoms with Crippen LogP contribution in [-0.2, 0) is 21.1 Å². The van der Waals surface area contributed by atoms with Crippen molar-refractivity contribution in [2.75, 3.05) is 0 Å². The second kappa shape index (κ2) is 13.9. The second-order valence-electron chi connectivity index (χ2n) is 12.8. The Morgan fingerprint density at radius 1 is 0.596 bits per heavy atom. The van der Waals surface area contributed by atoms with Crippen LogP contribution in [0, 0.1) is 26.0 Å². The van der Waals surface area contributed by atoms with Crippen LogP contribution in [0.25, 0.3) is 66.7 Å². The number of para-hydroxylation sites is 1. The second-order valence-corrected chi connectivity index (χ2v) is 12.8. The minimum absolute atomic E-state index is 0. The van der Waals surface area contributed by atoms with E-state index < -0.39 is 0 Å². The zero-order valence-corrected chi connectivity index (χ0v) is 30.8. The molecule has 0 atom stereocenters. The van der Waals surface area contributed by atoms with E-state index in [2.05, 4.69) is 146 Å². The molecule has 0 spiro atoms. The van der Waals surface area contributed by atoms with Crippen molar-refractivity contribution in [3.8, 4) is 56.4 Å². The van der Waals surface area contributed by atoms with E-state index in [9.17, 15) is 0 Å². The first-order chi connectivity index (χ1) is 25.1. The third kappa shape index (κ3) is 6.14. The minimum atomic E-state index is 0.